The van der Waals surface area contributed by atoms with Gasteiger partial charge in [-0.3, -0.25) is 4.79 Å². The van der Waals surface area contributed by atoms with Gasteiger partial charge in [0.25, 0.3) is 0 Å². The summed E-state index contributed by atoms with van der Waals surface area (Å²) in [5.41, 5.74) is 1.70. The monoisotopic (exact) mass is 310 g/mol. The first-order valence-corrected chi connectivity index (χ1v) is 8.29. The van der Waals surface area contributed by atoms with Crippen molar-refractivity contribution >= 4 is 22.9 Å². The van der Waals surface area contributed by atoms with Crippen LogP contribution in [0.3, 0.4) is 0 Å². The van der Waals surface area contributed by atoms with E-state index in [1.807, 2.05) is 35.2 Å². The van der Waals surface area contributed by atoms with E-state index in [2.05, 4.69) is 22.7 Å². The molecule has 1 fully saturated rings. The summed E-state index contributed by atoms with van der Waals surface area (Å²) >= 11 is 1.72. The van der Waals surface area contributed by atoms with Gasteiger partial charge in [-0.2, -0.15) is 0 Å². The normalized spacial score (nSPS) is 17.2. The molecule has 1 aliphatic rings. The van der Waals surface area contributed by atoms with Crippen molar-refractivity contribution in [3.8, 4) is 12.3 Å². The second kappa shape index (κ2) is 6.67. The third kappa shape index (κ3) is 3.15. The molecule has 1 atom stereocenters. The van der Waals surface area contributed by atoms with E-state index in [4.69, 9.17) is 6.42 Å². The van der Waals surface area contributed by atoms with Crippen LogP contribution in [0.4, 0.5) is 5.69 Å². The predicted molar refractivity (Wildman–Crippen MR) is 90.9 cm³/mol. The number of hydrogen-bond donors (Lipinski definition) is 1. The fourth-order valence-electron chi connectivity index (χ4n) is 2.84. The van der Waals surface area contributed by atoms with E-state index in [0.717, 1.165) is 30.6 Å². The lowest BCUT2D eigenvalue weighted by molar-refractivity contribution is -0.130. The van der Waals surface area contributed by atoms with Crippen LogP contribution in [0.5, 0.6) is 0 Å². The van der Waals surface area contributed by atoms with Crippen LogP contribution in [0.15, 0.2) is 41.8 Å². The summed E-state index contributed by atoms with van der Waals surface area (Å²) in [6.07, 6.45) is 7.52. The largest absolute Gasteiger partial charge is 0.376 e. The lowest BCUT2D eigenvalue weighted by Gasteiger charge is -2.24. The Morgan fingerprint density at radius 2 is 2.32 bits per heavy atom. The zero-order chi connectivity index (χ0) is 15.4. The Labute approximate surface area is 135 Å². The zero-order valence-electron chi connectivity index (χ0n) is 12.3. The molecule has 0 radical (unpaired) electrons. The van der Waals surface area contributed by atoms with Gasteiger partial charge in [0.05, 0.1) is 12.6 Å². The molecule has 0 aliphatic carbocycles. The number of carbonyl (C=O) groups excluding carboxylic acids is 1. The Bertz CT molecular complexity index is 687. The fraction of sp³-hybridized carbons (Fsp3) is 0.278. The number of hydrogen-bond acceptors (Lipinski definition) is 3. The molecule has 1 amide bonds. The molecule has 1 N–H and O–H groups in total. The van der Waals surface area contributed by atoms with Crippen LogP contribution in [0.1, 0.15) is 29.3 Å². The van der Waals surface area contributed by atoms with Crippen LogP contribution in [0.2, 0.25) is 0 Å². The van der Waals surface area contributed by atoms with Crippen molar-refractivity contribution in [1.82, 2.24) is 4.90 Å². The highest BCUT2D eigenvalue weighted by molar-refractivity contribution is 7.10. The van der Waals surface area contributed by atoms with Gasteiger partial charge in [-0.05, 0) is 42.5 Å². The molecule has 1 unspecified atom stereocenters. The predicted octanol–water partition coefficient (Wildman–Crippen LogP) is 3.51. The maximum atomic E-state index is 12.5. The van der Waals surface area contributed by atoms with Crippen LogP contribution in [-0.2, 0) is 4.79 Å². The van der Waals surface area contributed by atoms with Gasteiger partial charge in [0, 0.05) is 22.7 Å². The average molecular weight is 310 g/mol. The molecule has 112 valence electrons. The molecule has 1 aliphatic heterocycles. The van der Waals surface area contributed by atoms with Crippen LogP contribution < -0.4 is 5.32 Å². The van der Waals surface area contributed by atoms with Crippen molar-refractivity contribution in [2.24, 2.45) is 0 Å². The Hall–Kier alpha value is -2.25. The van der Waals surface area contributed by atoms with E-state index in [1.165, 1.54) is 4.88 Å². The van der Waals surface area contributed by atoms with E-state index in [9.17, 15) is 4.79 Å². The van der Waals surface area contributed by atoms with Crippen LogP contribution in [-0.4, -0.2) is 23.9 Å². The van der Waals surface area contributed by atoms with Gasteiger partial charge in [-0.25, -0.2) is 0 Å². The minimum Gasteiger partial charge on any atom is -0.376 e. The Kier molecular flexibility index (Phi) is 4.45. The molecule has 2 heterocycles. The zero-order valence-corrected chi connectivity index (χ0v) is 13.1. The molecule has 0 saturated carbocycles. The summed E-state index contributed by atoms with van der Waals surface area (Å²) in [6, 6.07) is 12.0. The number of carbonyl (C=O) groups is 1. The van der Waals surface area contributed by atoms with Gasteiger partial charge in [0.2, 0.25) is 5.91 Å². The molecular weight excluding hydrogens is 292 g/mol. The standard InChI is InChI=1S/C18H18N2OS/c1-2-14-6-3-7-15(12-14)19-13-18(21)20-10-4-8-16(20)17-9-5-11-22-17/h1,3,5-7,9,11-12,16,19H,4,8,10,13H2. The first-order chi connectivity index (χ1) is 10.8. The van der Waals surface area contributed by atoms with E-state index >= 15 is 0 Å². The number of likely N-dealkylation sites (tertiary alicyclic amines) is 1. The summed E-state index contributed by atoms with van der Waals surface area (Å²) in [7, 11) is 0. The number of rotatable bonds is 4. The topological polar surface area (TPSA) is 32.3 Å². The van der Waals surface area contributed by atoms with Crippen molar-refractivity contribution in [1.29, 1.82) is 0 Å². The SMILES string of the molecule is C#Cc1cccc(NCC(=O)N2CCCC2c2cccs2)c1. The Morgan fingerprint density at radius 1 is 1.41 bits per heavy atom. The number of terminal acetylenes is 1. The van der Waals surface area contributed by atoms with E-state index in [1.54, 1.807) is 11.3 Å². The van der Waals surface area contributed by atoms with Crippen molar-refractivity contribution in [3.63, 3.8) is 0 Å². The van der Waals surface area contributed by atoms with Crippen molar-refractivity contribution in [2.45, 2.75) is 18.9 Å². The molecule has 1 saturated heterocycles. The lowest BCUT2D eigenvalue weighted by Crippen LogP contribution is -2.34. The molecule has 1 aromatic carbocycles. The smallest absolute Gasteiger partial charge is 0.242 e. The van der Waals surface area contributed by atoms with E-state index in [-0.39, 0.29) is 11.9 Å². The highest BCUT2D eigenvalue weighted by Crippen LogP contribution is 2.34. The van der Waals surface area contributed by atoms with Gasteiger partial charge >= 0.3 is 0 Å². The highest BCUT2D eigenvalue weighted by Gasteiger charge is 2.30. The second-order valence-electron chi connectivity index (χ2n) is 5.34. The highest BCUT2D eigenvalue weighted by atomic mass is 32.1. The third-order valence-electron chi connectivity index (χ3n) is 3.92. The van der Waals surface area contributed by atoms with Crippen molar-refractivity contribution < 1.29 is 4.79 Å². The van der Waals surface area contributed by atoms with Crippen LogP contribution in [0, 0.1) is 12.3 Å². The molecule has 3 rings (SSSR count). The third-order valence-corrected chi connectivity index (χ3v) is 4.89. The molecular formula is C18H18N2OS. The first-order valence-electron chi connectivity index (χ1n) is 7.41. The lowest BCUT2D eigenvalue weighted by atomic mass is 10.2. The molecule has 2 aromatic rings. The van der Waals surface area contributed by atoms with Gasteiger partial charge < -0.3 is 10.2 Å². The number of nitrogens with zero attached hydrogens (tertiary/aromatic N) is 1. The number of amides is 1. The molecule has 0 spiro atoms. The first kappa shape index (κ1) is 14.7. The average Bonchev–Trinajstić information content (AvgIpc) is 3.23. The minimum absolute atomic E-state index is 0.141. The van der Waals surface area contributed by atoms with Gasteiger partial charge in [0.15, 0.2) is 0 Å². The van der Waals surface area contributed by atoms with Gasteiger partial charge in [0.1, 0.15) is 0 Å². The summed E-state index contributed by atoms with van der Waals surface area (Å²) in [5, 5.41) is 5.25. The Balaban J connectivity index is 1.63. The van der Waals surface area contributed by atoms with Crippen LogP contribution >= 0.6 is 11.3 Å². The summed E-state index contributed by atoms with van der Waals surface area (Å²) in [4.78, 5) is 15.8. The summed E-state index contributed by atoms with van der Waals surface area (Å²) < 4.78 is 0. The van der Waals surface area contributed by atoms with Gasteiger partial charge in [-0.1, -0.05) is 18.1 Å². The molecule has 1 aromatic heterocycles. The summed E-state index contributed by atoms with van der Waals surface area (Å²) in [6.45, 7) is 1.14. The fourth-order valence-corrected chi connectivity index (χ4v) is 3.71. The Morgan fingerprint density at radius 3 is 3.09 bits per heavy atom. The number of benzene rings is 1. The number of anilines is 1. The number of thiophene rings is 1. The maximum Gasteiger partial charge on any atom is 0.242 e. The molecule has 0 bridgehead atoms. The quantitative estimate of drug-likeness (QED) is 0.877. The number of nitrogens with one attached hydrogen (secondary N) is 1. The van der Waals surface area contributed by atoms with Crippen molar-refractivity contribution in [3.05, 3.63) is 52.2 Å². The summed E-state index contributed by atoms with van der Waals surface area (Å²) in [5.74, 6) is 2.74. The molecule has 22 heavy (non-hydrogen) atoms. The van der Waals surface area contributed by atoms with E-state index in [0.29, 0.717) is 6.54 Å². The van der Waals surface area contributed by atoms with E-state index < -0.39 is 0 Å². The maximum absolute atomic E-state index is 12.5. The molecule has 3 nitrogen and oxygen atoms in total. The van der Waals surface area contributed by atoms with Crippen LogP contribution in [0.25, 0.3) is 0 Å². The minimum atomic E-state index is 0.141. The van der Waals surface area contributed by atoms with Gasteiger partial charge in [-0.15, -0.1) is 17.8 Å². The second-order valence-corrected chi connectivity index (χ2v) is 6.32. The van der Waals surface area contributed by atoms with Crippen molar-refractivity contribution in [2.75, 3.05) is 18.4 Å². The molecule has 4 heteroatoms.